The molecule has 1 aromatic rings. The zero-order chi connectivity index (χ0) is 13.3. The van der Waals surface area contributed by atoms with Gasteiger partial charge in [0.2, 0.25) is 5.91 Å². The van der Waals surface area contributed by atoms with Crippen LogP contribution in [0.5, 0.6) is 0 Å². The third-order valence-electron chi connectivity index (χ3n) is 3.10. The molecule has 0 radical (unpaired) electrons. The summed E-state index contributed by atoms with van der Waals surface area (Å²) in [6.45, 7) is 1.99. The van der Waals surface area contributed by atoms with Gasteiger partial charge in [0.15, 0.2) is 0 Å². The number of nitrogens with one attached hydrogen (secondary N) is 2. The van der Waals surface area contributed by atoms with Gasteiger partial charge in [-0.25, -0.2) is 4.39 Å². The molecule has 0 aliphatic carbocycles. The van der Waals surface area contributed by atoms with Crippen molar-refractivity contribution in [1.29, 1.82) is 0 Å². The minimum atomic E-state index is -0.968. The lowest BCUT2D eigenvalue weighted by Crippen LogP contribution is -2.35. The van der Waals surface area contributed by atoms with Gasteiger partial charge in [-0.1, -0.05) is 11.6 Å². The first kappa shape index (κ1) is 13.1. The highest BCUT2D eigenvalue weighted by Gasteiger charge is 2.29. The number of anilines is 2. The molecular formula is C12H15ClFN3O. The topological polar surface area (TPSA) is 67.2 Å². The Morgan fingerprint density at radius 1 is 1.61 bits per heavy atom. The summed E-state index contributed by atoms with van der Waals surface area (Å²) in [7, 11) is 0. The minimum absolute atomic E-state index is 0.193. The van der Waals surface area contributed by atoms with Crippen LogP contribution in [-0.4, -0.2) is 24.7 Å². The maximum Gasteiger partial charge on any atom is 0.241 e. The molecule has 1 aromatic carbocycles. The standard InChI is InChI=1S/C12H15ClFN3O/c1-6-8(13)2-3-9(11(6)15)17-12(18)10-4-7(14)5-16-10/h2-3,7,10,16H,4-5,15H2,1H3,(H,17,18)/t7-,10-/m0/s1. The molecule has 1 heterocycles. The van der Waals surface area contributed by atoms with Crippen LogP contribution in [-0.2, 0) is 4.79 Å². The largest absolute Gasteiger partial charge is 0.397 e. The molecule has 0 spiro atoms. The molecule has 2 atom stereocenters. The van der Waals surface area contributed by atoms with E-state index < -0.39 is 12.2 Å². The first-order chi connectivity index (χ1) is 8.49. The summed E-state index contributed by atoms with van der Waals surface area (Å²) in [5.41, 5.74) is 7.53. The molecular weight excluding hydrogens is 257 g/mol. The lowest BCUT2D eigenvalue weighted by molar-refractivity contribution is -0.117. The normalized spacial score (nSPS) is 23.1. The van der Waals surface area contributed by atoms with Crippen molar-refractivity contribution in [3.8, 4) is 0 Å². The van der Waals surface area contributed by atoms with Crippen LogP contribution in [0.3, 0.4) is 0 Å². The van der Waals surface area contributed by atoms with Gasteiger partial charge in [0, 0.05) is 18.0 Å². The summed E-state index contributed by atoms with van der Waals surface area (Å²) >= 11 is 5.91. The molecule has 0 unspecified atom stereocenters. The number of alkyl halides is 1. The van der Waals surface area contributed by atoms with Gasteiger partial charge < -0.3 is 16.4 Å². The summed E-state index contributed by atoms with van der Waals surface area (Å²) in [5.74, 6) is -0.274. The fraction of sp³-hybridized carbons (Fsp3) is 0.417. The number of halogens is 2. The highest BCUT2D eigenvalue weighted by atomic mass is 35.5. The smallest absolute Gasteiger partial charge is 0.241 e. The summed E-state index contributed by atoms with van der Waals surface area (Å²) in [5, 5.41) is 6.06. The monoisotopic (exact) mass is 271 g/mol. The Bertz CT molecular complexity index is 481. The molecule has 0 aromatic heterocycles. The second kappa shape index (κ2) is 5.12. The van der Waals surface area contributed by atoms with E-state index in [-0.39, 0.29) is 18.9 Å². The molecule has 1 aliphatic heterocycles. The Morgan fingerprint density at radius 3 is 2.94 bits per heavy atom. The van der Waals surface area contributed by atoms with Gasteiger partial charge in [0.25, 0.3) is 0 Å². The van der Waals surface area contributed by atoms with Gasteiger partial charge in [-0.05, 0) is 24.6 Å². The lowest BCUT2D eigenvalue weighted by Gasteiger charge is -2.14. The molecule has 1 fully saturated rings. The number of nitrogens with two attached hydrogens (primary N) is 1. The molecule has 18 heavy (non-hydrogen) atoms. The third kappa shape index (κ3) is 2.57. The summed E-state index contributed by atoms with van der Waals surface area (Å²) < 4.78 is 13.0. The Hall–Kier alpha value is -1.33. The SMILES string of the molecule is Cc1c(Cl)ccc(NC(=O)[C@@H]2C[C@H](F)CN2)c1N. The lowest BCUT2D eigenvalue weighted by atomic mass is 10.1. The Morgan fingerprint density at radius 2 is 2.33 bits per heavy atom. The molecule has 4 nitrogen and oxygen atoms in total. The molecule has 4 N–H and O–H groups in total. The molecule has 98 valence electrons. The van der Waals surface area contributed by atoms with E-state index in [9.17, 15) is 9.18 Å². The highest BCUT2D eigenvalue weighted by Crippen LogP contribution is 2.28. The molecule has 2 rings (SSSR count). The van der Waals surface area contributed by atoms with Crippen molar-refractivity contribution in [1.82, 2.24) is 5.32 Å². The fourth-order valence-electron chi connectivity index (χ4n) is 1.92. The van der Waals surface area contributed by atoms with E-state index in [1.807, 2.05) is 0 Å². The predicted molar refractivity (Wildman–Crippen MR) is 70.5 cm³/mol. The molecule has 0 bridgehead atoms. The predicted octanol–water partition coefficient (Wildman–Crippen LogP) is 1.87. The van der Waals surface area contributed by atoms with E-state index in [0.717, 1.165) is 5.56 Å². The molecule has 1 saturated heterocycles. The average molecular weight is 272 g/mol. The van der Waals surface area contributed by atoms with Gasteiger partial charge in [-0.2, -0.15) is 0 Å². The number of benzene rings is 1. The zero-order valence-corrected chi connectivity index (χ0v) is 10.7. The van der Waals surface area contributed by atoms with Crippen LogP contribution in [0, 0.1) is 6.92 Å². The van der Waals surface area contributed by atoms with Crippen LogP contribution in [0.15, 0.2) is 12.1 Å². The number of nitrogen functional groups attached to an aromatic ring is 1. The van der Waals surface area contributed by atoms with Crippen molar-refractivity contribution in [3.05, 3.63) is 22.7 Å². The molecule has 1 amide bonds. The van der Waals surface area contributed by atoms with Crippen molar-refractivity contribution >= 4 is 28.9 Å². The summed E-state index contributed by atoms with van der Waals surface area (Å²) in [4.78, 5) is 11.9. The van der Waals surface area contributed by atoms with Crippen molar-refractivity contribution < 1.29 is 9.18 Å². The van der Waals surface area contributed by atoms with Crippen molar-refractivity contribution in [2.24, 2.45) is 0 Å². The van der Waals surface area contributed by atoms with Crippen LogP contribution < -0.4 is 16.4 Å². The van der Waals surface area contributed by atoms with E-state index in [1.165, 1.54) is 0 Å². The summed E-state index contributed by atoms with van der Waals surface area (Å²) in [6.07, 6.45) is -0.775. The Balaban J connectivity index is 2.10. The summed E-state index contributed by atoms with van der Waals surface area (Å²) in [6, 6.07) is 2.81. The number of hydrogen-bond acceptors (Lipinski definition) is 3. The average Bonchev–Trinajstić information content (AvgIpc) is 2.77. The number of carbonyl (C=O) groups is 1. The Labute approximate surface area is 110 Å². The highest BCUT2D eigenvalue weighted by molar-refractivity contribution is 6.32. The van der Waals surface area contributed by atoms with Crippen LogP contribution in [0.25, 0.3) is 0 Å². The van der Waals surface area contributed by atoms with E-state index in [2.05, 4.69) is 10.6 Å². The van der Waals surface area contributed by atoms with Gasteiger partial charge >= 0.3 is 0 Å². The van der Waals surface area contributed by atoms with Crippen molar-refractivity contribution in [2.45, 2.75) is 25.6 Å². The number of rotatable bonds is 2. The van der Waals surface area contributed by atoms with Gasteiger partial charge in [-0.15, -0.1) is 0 Å². The molecule has 1 aliphatic rings. The van der Waals surface area contributed by atoms with E-state index in [4.69, 9.17) is 17.3 Å². The first-order valence-corrected chi connectivity index (χ1v) is 6.09. The van der Waals surface area contributed by atoms with Crippen LogP contribution in [0.4, 0.5) is 15.8 Å². The fourth-order valence-corrected chi connectivity index (χ4v) is 2.09. The van der Waals surface area contributed by atoms with Crippen LogP contribution in [0.1, 0.15) is 12.0 Å². The third-order valence-corrected chi connectivity index (χ3v) is 3.51. The van der Waals surface area contributed by atoms with Gasteiger partial charge in [0.1, 0.15) is 6.17 Å². The molecule has 6 heteroatoms. The van der Waals surface area contributed by atoms with Crippen molar-refractivity contribution in [3.63, 3.8) is 0 Å². The van der Waals surface area contributed by atoms with E-state index in [1.54, 1.807) is 19.1 Å². The number of amides is 1. The van der Waals surface area contributed by atoms with Crippen LogP contribution >= 0.6 is 11.6 Å². The second-order valence-electron chi connectivity index (χ2n) is 4.42. The van der Waals surface area contributed by atoms with Gasteiger partial charge in [0.05, 0.1) is 17.4 Å². The van der Waals surface area contributed by atoms with E-state index >= 15 is 0 Å². The van der Waals surface area contributed by atoms with Crippen LogP contribution in [0.2, 0.25) is 5.02 Å². The maximum atomic E-state index is 13.0. The van der Waals surface area contributed by atoms with Crippen molar-refractivity contribution in [2.75, 3.05) is 17.6 Å². The van der Waals surface area contributed by atoms with Gasteiger partial charge in [-0.3, -0.25) is 4.79 Å². The van der Waals surface area contributed by atoms with E-state index in [0.29, 0.717) is 16.4 Å². The zero-order valence-electron chi connectivity index (χ0n) is 9.97. The quantitative estimate of drug-likeness (QED) is 0.720. The maximum absolute atomic E-state index is 13.0. The number of carbonyl (C=O) groups excluding carboxylic acids is 1. The Kier molecular flexibility index (Phi) is 3.73. The first-order valence-electron chi connectivity index (χ1n) is 5.72. The minimum Gasteiger partial charge on any atom is -0.397 e. The second-order valence-corrected chi connectivity index (χ2v) is 4.82. The molecule has 0 saturated carbocycles. The number of hydrogen-bond donors (Lipinski definition) is 3.